The lowest BCUT2D eigenvalue weighted by Crippen LogP contribution is -2.29. The smallest absolute Gasteiger partial charge is 0.228 e. The number of methoxy groups -OCH3 is 1. The molecule has 18 heavy (non-hydrogen) atoms. The molecule has 100 valence electrons. The monoisotopic (exact) mass is 314 g/mol. The second-order valence-electron chi connectivity index (χ2n) is 4.25. The quantitative estimate of drug-likeness (QED) is 0.878. The molecule has 0 aliphatic carbocycles. The number of halogens is 1. The first-order valence-electron chi connectivity index (χ1n) is 5.79. The molecule has 0 aliphatic heterocycles. The molecule has 1 atom stereocenters. The number of carbonyl (C=O) groups excluding carboxylic acids is 1. The van der Waals surface area contributed by atoms with Gasteiger partial charge in [-0.15, -0.1) is 0 Å². The molecule has 5 heteroatoms. The van der Waals surface area contributed by atoms with Crippen molar-refractivity contribution in [2.45, 2.75) is 13.8 Å². The number of rotatable bonds is 5. The van der Waals surface area contributed by atoms with E-state index in [0.29, 0.717) is 12.3 Å². The maximum atomic E-state index is 12.0. The zero-order valence-electron chi connectivity index (χ0n) is 11.1. The van der Waals surface area contributed by atoms with Gasteiger partial charge in [-0.3, -0.25) is 4.79 Å². The molecule has 1 aromatic carbocycles. The SMILES string of the molecule is CNCC(C)C(=O)Nc1c(C)cc(Br)cc1OC. The average Bonchev–Trinajstić information content (AvgIpc) is 2.32. The van der Waals surface area contributed by atoms with Crippen LogP contribution in [0, 0.1) is 12.8 Å². The van der Waals surface area contributed by atoms with Gasteiger partial charge in [0.2, 0.25) is 5.91 Å². The predicted octanol–water partition coefficient (Wildman–Crippen LogP) is 2.56. The molecule has 1 aromatic rings. The summed E-state index contributed by atoms with van der Waals surface area (Å²) in [6.45, 7) is 4.46. The van der Waals surface area contributed by atoms with Crippen molar-refractivity contribution in [2.75, 3.05) is 26.0 Å². The minimum absolute atomic E-state index is 0.0203. The Balaban J connectivity index is 2.93. The minimum Gasteiger partial charge on any atom is -0.495 e. The van der Waals surface area contributed by atoms with Gasteiger partial charge in [-0.1, -0.05) is 22.9 Å². The number of anilines is 1. The normalized spacial score (nSPS) is 12.1. The van der Waals surface area contributed by atoms with Crippen molar-refractivity contribution in [3.63, 3.8) is 0 Å². The van der Waals surface area contributed by atoms with Crippen LogP contribution in [0.5, 0.6) is 5.75 Å². The van der Waals surface area contributed by atoms with E-state index in [1.807, 2.05) is 33.0 Å². The van der Waals surface area contributed by atoms with Crippen LogP contribution in [0.1, 0.15) is 12.5 Å². The van der Waals surface area contributed by atoms with Crippen LogP contribution in [0.25, 0.3) is 0 Å². The first-order chi connectivity index (χ1) is 8.49. The molecule has 0 saturated carbocycles. The predicted molar refractivity (Wildman–Crippen MR) is 77.2 cm³/mol. The van der Waals surface area contributed by atoms with Crippen molar-refractivity contribution in [1.82, 2.24) is 5.32 Å². The standard InChI is InChI=1S/C13H19BrN2O2/c1-8-5-10(14)6-11(18-4)12(8)16-13(17)9(2)7-15-3/h5-6,9,15H,7H2,1-4H3,(H,16,17). The largest absolute Gasteiger partial charge is 0.495 e. The molecule has 0 aromatic heterocycles. The second kappa shape index (κ2) is 6.75. The molecule has 1 unspecified atom stereocenters. The molecule has 0 saturated heterocycles. The zero-order valence-corrected chi connectivity index (χ0v) is 12.7. The molecule has 0 aliphatic rings. The maximum Gasteiger partial charge on any atom is 0.228 e. The van der Waals surface area contributed by atoms with E-state index in [1.54, 1.807) is 7.11 Å². The van der Waals surface area contributed by atoms with Crippen molar-refractivity contribution >= 4 is 27.5 Å². The van der Waals surface area contributed by atoms with E-state index in [-0.39, 0.29) is 11.8 Å². The summed E-state index contributed by atoms with van der Waals surface area (Å²) >= 11 is 3.41. The summed E-state index contributed by atoms with van der Waals surface area (Å²) in [6.07, 6.45) is 0. The van der Waals surface area contributed by atoms with Crippen LogP contribution in [0.15, 0.2) is 16.6 Å². The van der Waals surface area contributed by atoms with Crippen molar-refractivity contribution in [3.8, 4) is 5.75 Å². The highest BCUT2D eigenvalue weighted by Crippen LogP contribution is 2.32. The molecule has 0 heterocycles. The molecular weight excluding hydrogens is 296 g/mol. The van der Waals surface area contributed by atoms with Crippen molar-refractivity contribution in [1.29, 1.82) is 0 Å². The third kappa shape index (κ3) is 3.71. The fraction of sp³-hybridized carbons (Fsp3) is 0.462. The number of hydrogen-bond acceptors (Lipinski definition) is 3. The number of amides is 1. The lowest BCUT2D eigenvalue weighted by atomic mass is 10.1. The van der Waals surface area contributed by atoms with E-state index in [4.69, 9.17) is 4.74 Å². The highest BCUT2D eigenvalue weighted by Gasteiger charge is 2.16. The van der Waals surface area contributed by atoms with Gasteiger partial charge in [0.05, 0.1) is 12.8 Å². The third-order valence-corrected chi connectivity index (χ3v) is 3.15. The van der Waals surface area contributed by atoms with Gasteiger partial charge in [-0.25, -0.2) is 0 Å². The van der Waals surface area contributed by atoms with Crippen LogP contribution in [0.2, 0.25) is 0 Å². The summed E-state index contributed by atoms with van der Waals surface area (Å²) in [4.78, 5) is 12.0. The summed E-state index contributed by atoms with van der Waals surface area (Å²) in [6, 6.07) is 3.78. The van der Waals surface area contributed by atoms with E-state index >= 15 is 0 Å². The Morgan fingerprint density at radius 3 is 2.72 bits per heavy atom. The maximum absolute atomic E-state index is 12.0. The van der Waals surface area contributed by atoms with E-state index in [9.17, 15) is 4.79 Å². The van der Waals surface area contributed by atoms with Crippen molar-refractivity contribution in [3.05, 3.63) is 22.2 Å². The molecule has 1 rings (SSSR count). The molecule has 0 radical (unpaired) electrons. The number of hydrogen-bond donors (Lipinski definition) is 2. The van der Waals surface area contributed by atoms with Crippen LogP contribution < -0.4 is 15.4 Å². The van der Waals surface area contributed by atoms with E-state index in [0.717, 1.165) is 15.7 Å². The topological polar surface area (TPSA) is 50.4 Å². The van der Waals surface area contributed by atoms with Crippen LogP contribution in [-0.2, 0) is 4.79 Å². The van der Waals surface area contributed by atoms with Gasteiger partial charge in [0.25, 0.3) is 0 Å². The highest BCUT2D eigenvalue weighted by molar-refractivity contribution is 9.10. The Bertz CT molecular complexity index is 435. The Morgan fingerprint density at radius 1 is 1.50 bits per heavy atom. The minimum atomic E-state index is -0.0947. The Kier molecular flexibility index (Phi) is 5.62. The first kappa shape index (κ1) is 15.0. The van der Waals surface area contributed by atoms with E-state index in [2.05, 4.69) is 26.6 Å². The summed E-state index contributed by atoms with van der Waals surface area (Å²) in [5.74, 6) is 0.544. The molecule has 4 nitrogen and oxygen atoms in total. The Morgan fingerprint density at radius 2 is 2.17 bits per heavy atom. The fourth-order valence-corrected chi connectivity index (χ4v) is 2.23. The van der Waals surface area contributed by atoms with Gasteiger partial charge in [0, 0.05) is 16.9 Å². The van der Waals surface area contributed by atoms with Crippen molar-refractivity contribution in [2.24, 2.45) is 5.92 Å². The molecule has 2 N–H and O–H groups in total. The van der Waals surface area contributed by atoms with E-state index in [1.165, 1.54) is 0 Å². The number of nitrogens with one attached hydrogen (secondary N) is 2. The van der Waals surface area contributed by atoms with E-state index < -0.39 is 0 Å². The zero-order chi connectivity index (χ0) is 13.7. The van der Waals surface area contributed by atoms with Gasteiger partial charge in [0.15, 0.2) is 0 Å². The van der Waals surface area contributed by atoms with Gasteiger partial charge < -0.3 is 15.4 Å². The third-order valence-electron chi connectivity index (χ3n) is 2.69. The van der Waals surface area contributed by atoms with Gasteiger partial charge in [-0.2, -0.15) is 0 Å². The molecular formula is C13H19BrN2O2. The summed E-state index contributed by atoms with van der Waals surface area (Å²) in [7, 11) is 3.42. The number of aryl methyl sites for hydroxylation is 1. The number of ether oxygens (including phenoxy) is 1. The van der Waals surface area contributed by atoms with Gasteiger partial charge in [-0.05, 0) is 31.7 Å². The first-order valence-corrected chi connectivity index (χ1v) is 6.58. The fourth-order valence-electron chi connectivity index (χ4n) is 1.68. The average molecular weight is 315 g/mol. The number of benzene rings is 1. The molecule has 0 bridgehead atoms. The second-order valence-corrected chi connectivity index (χ2v) is 5.16. The molecule has 1 amide bonds. The highest BCUT2D eigenvalue weighted by atomic mass is 79.9. The van der Waals surface area contributed by atoms with Crippen LogP contribution in [0.4, 0.5) is 5.69 Å². The molecule has 0 fully saturated rings. The lowest BCUT2D eigenvalue weighted by molar-refractivity contribution is -0.119. The summed E-state index contributed by atoms with van der Waals surface area (Å²) in [5.41, 5.74) is 1.69. The summed E-state index contributed by atoms with van der Waals surface area (Å²) < 4.78 is 6.22. The van der Waals surface area contributed by atoms with Crippen LogP contribution >= 0.6 is 15.9 Å². The molecule has 0 spiro atoms. The van der Waals surface area contributed by atoms with Crippen LogP contribution in [0.3, 0.4) is 0 Å². The van der Waals surface area contributed by atoms with Gasteiger partial charge >= 0.3 is 0 Å². The Labute approximate surface area is 116 Å². The number of carbonyl (C=O) groups is 1. The van der Waals surface area contributed by atoms with Crippen molar-refractivity contribution < 1.29 is 9.53 Å². The Hall–Kier alpha value is -1.07. The van der Waals surface area contributed by atoms with Gasteiger partial charge in [0.1, 0.15) is 5.75 Å². The summed E-state index contributed by atoms with van der Waals surface area (Å²) in [5, 5.41) is 5.90. The lowest BCUT2D eigenvalue weighted by Gasteiger charge is -2.16. The van der Waals surface area contributed by atoms with Crippen LogP contribution in [-0.4, -0.2) is 26.6 Å².